The van der Waals surface area contributed by atoms with Crippen molar-refractivity contribution in [2.24, 2.45) is 0 Å². The standard InChI is InChI=1S/C17H18N2O2/c20-17(19-12-13-4-3-8-18-11-13)10-14-7-9-21-16-6-2-1-5-15(14)16/h1-6,8,11,14H,7,9-10,12H2,(H,19,20). The summed E-state index contributed by atoms with van der Waals surface area (Å²) in [6, 6.07) is 11.8. The van der Waals surface area contributed by atoms with Crippen molar-refractivity contribution in [3.8, 4) is 5.75 Å². The lowest BCUT2D eigenvalue weighted by molar-refractivity contribution is -0.121. The van der Waals surface area contributed by atoms with Crippen LogP contribution in [0.5, 0.6) is 5.75 Å². The van der Waals surface area contributed by atoms with E-state index in [-0.39, 0.29) is 11.8 Å². The Hall–Kier alpha value is -2.36. The average molecular weight is 282 g/mol. The molecule has 2 heterocycles. The van der Waals surface area contributed by atoms with Crippen LogP contribution in [0, 0.1) is 0 Å². The smallest absolute Gasteiger partial charge is 0.220 e. The minimum atomic E-state index is 0.0700. The monoisotopic (exact) mass is 282 g/mol. The maximum absolute atomic E-state index is 12.1. The summed E-state index contributed by atoms with van der Waals surface area (Å²) < 4.78 is 5.62. The van der Waals surface area contributed by atoms with Crippen molar-refractivity contribution in [1.29, 1.82) is 0 Å². The second-order valence-electron chi connectivity index (χ2n) is 5.21. The van der Waals surface area contributed by atoms with Crippen LogP contribution in [0.4, 0.5) is 0 Å². The summed E-state index contributed by atoms with van der Waals surface area (Å²) in [6.45, 7) is 1.20. The Balaban J connectivity index is 1.58. The number of carbonyl (C=O) groups is 1. The highest BCUT2D eigenvalue weighted by Crippen LogP contribution is 2.35. The molecule has 0 saturated heterocycles. The maximum Gasteiger partial charge on any atom is 0.220 e. The molecule has 1 aromatic heterocycles. The third kappa shape index (κ3) is 3.40. The van der Waals surface area contributed by atoms with Crippen LogP contribution in [-0.4, -0.2) is 17.5 Å². The van der Waals surface area contributed by atoms with E-state index in [9.17, 15) is 4.79 Å². The molecule has 4 nitrogen and oxygen atoms in total. The predicted molar refractivity (Wildman–Crippen MR) is 80.0 cm³/mol. The molecule has 4 heteroatoms. The van der Waals surface area contributed by atoms with Gasteiger partial charge in [-0.15, -0.1) is 0 Å². The number of benzene rings is 1. The number of aromatic nitrogens is 1. The molecule has 0 spiro atoms. The zero-order chi connectivity index (χ0) is 14.5. The molecule has 0 bridgehead atoms. The molecule has 1 aliphatic rings. The quantitative estimate of drug-likeness (QED) is 0.938. The number of carbonyl (C=O) groups excluding carboxylic acids is 1. The van der Waals surface area contributed by atoms with Crippen molar-refractivity contribution in [2.75, 3.05) is 6.61 Å². The van der Waals surface area contributed by atoms with Gasteiger partial charge in [-0.25, -0.2) is 0 Å². The zero-order valence-corrected chi connectivity index (χ0v) is 11.8. The molecule has 1 N–H and O–H groups in total. The van der Waals surface area contributed by atoms with Gasteiger partial charge in [-0.1, -0.05) is 24.3 Å². The van der Waals surface area contributed by atoms with Gasteiger partial charge in [0.2, 0.25) is 5.91 Å². The molecule has 3 rings (SSSR count). The zero-order valence-electron chi connectivity index (χ0n) is 11.8. The summed E-state index contributed by atoms with van der Waals surface area (Å²) >= 11 is 0. The topological polar surface area (TPSA) is 51.2 Å². The van der Waals surface area contributed by atoms with Gasteiger partial charge in [0.25, 0.3) is 0 Å². The molecule has 2 aromatic rings. The summed E-state index contributed by atoms with van der Waals surface area (Å²) in [5.41, 5.74) is 2.15. The van der Waals surface area contributed by atoms with E-state index in [1.807, 2.05) is 36.4 Å². The van der Waals surface area contributed by atoms with E-state index in [1.165, 1.54) is 0 Å². The predicted octanol–water partition coefficient (Wildman–Crippen LogP) is 2.65. The van der Waals surface area contributed by atoms with E-state index in [1.54, 1.807) is 12.4 Å². The number of nitrogens with zero attached hydrogens (tertiary/aromatic N) is 1. The molecule has 0 aliphatic carbocycles. The minimum Gasteiger partial charge on any atom is -0.493 e. The highest BCUT2D eigenvalue weighted by molar-refractivity contribution is 5.77. The van der Waals surface area contributed by atoms with Gasteiger partial charge in [0.05, 0.1) is 6.61 Å². The molecule has 1 unspecified atom stereocenters. The number of fused-ring (bicyclic) bond motifs is 1. The number of pyridine rings is 1. The van der Waals surface area contributed by atoms with Crippen molar-refractivity contribution < 1.29 is 9.53 Å². The number of hydrogen-bond donors (Lipinski definition) is 1. The Morgan fingerprint density at radius 2 is 2.19 bits per heavy atom. The first-order valence-electron chi connectivity index (χ1n) is 7.20. The van der Waals surface area contributed by atoms with Crippen LogP contribution in [0.15, 0.2) is 48.8 Å². The van der Waals surface area contributed by atoms with Crippen LogP contribution in [0.3, 0.4) is 0 Å². The summed E-state index contributed by atoms with van der Waals surface area (Å²) in [5.74, 6) is 1.22. The van der Waals surface area contributed by atoms with Gasteiger partial charge in [0.15, 0.2) is 0 Å². The number of rotatable bonds is 4. The van der Waals surface area contributed by atoms with E-state index in [4.69, 9.17) is 4.74 Å². The summed E-state index contributed by atoms with van der Waals surface area (Å²) in [4.78, 5) is 16.2. The molecule has 1 aliphatic heterocycles. The molecular formula is C17H18N2O2. The van der Waals surface area contributed by atoms with Crippen molar-refractivity contribution >= 4 is 5.91 Å². The molecule has 108 valence electrons. The van der Waals surface area contributed by atoms with E-state index in [0.717, 1.165) is 23.3 Å². The van der Waals surface area contributed by atoms with E-state index in [0.29, 0.717) is 19.6 Å². The van der Waals surface area contributed by atoms with Crippen LogP contribution in [-0.2, 0) is 11.3 Å². The fourth-order valence-corrected chi connectivity index (χ4v) is 2.63. The first kappa shape index (κ1) is 13.6. The van der Waals surface area contributed by atoms with Gasteiger partial charge >= 0.3 is 0 Å². The molecule has 1 amide bonds. The van der Waals surface area contributed by atoms with E-state index < -0.39 is 0 Å². The van der Waals surface area contributed by atoms with Crippen LogP contribution in [0.25, 0.3) is 0 Å². The average Bonchev–Trinajstić information content (AvgIpc) is 2.54. The summed E-state index contributed by atoms with van der Waals surface area (Å²) in [5, 5.41) is 2.96. The van der Waals surface area contributed by atoms with Crippen molar-refractivity contribution in [3.63, 3.8) is 0 Å². The fraction of sp³-hybridized carbons (Fsp3) is 0.294. The van der Waals surface area contributed by atoms with E-state index in [2.05, 4.69) is 10.3 Å². The Bertz CT molecular complexity index is 613. The number of nitrogens with one attached hydrogen (secondary N) is 1. The largest absolute Gasteiger partial charge is 0.493 e. The van der Waals surface area contributed by atoms with Gasteiger partial charge < -0.3 is 10.1 Å². The van der Waals surface area contributed by atoms with Crippen LogP contribution >= 0.6 is 0 Å². The van der Waals surface area contributed by atoms with Crippen molar-refractivity contribution in [2.45, 2.75) is 25.3 Å². The Morgan fingerprint density at radius 3 is 3.05 bits per heavy atom. The lowest BCUT2D eigenvalue weighted by atomic mass is 9.90. The van der Waals surface area contributed by atoms with Gasteiger partial charge in [-0.2, -0.15) is 0 Å². The number of ether oxygens (including phenoxy) is 1. The van der Waals surface area contributed by atoms with Crippen molar-refractivity contribution in [3.05, 3.63) is 59.9 Å². The van der Waals surface area contributed by atoms with Crippen LogP contribution in [0.1, 0.15) is 29.9 Å². The Labute approximate surface area is 124 Å². The number of hydrogen-bond acceptors (Lipinski definition) is 3. The first-order chi connectivity index (χ1) is 10.3. The molecule has 1 atom stereocenters. The molecule has 0 fully saturated rings. The van der Waals surface area contributed by atoms with Crippen LogP contribution < -0.4 is 10.1 Å². The van der Waals surface area contributed by atoms with Crippen LogP contribution in [0.2, 0.25) is 0 Å². The van der Waals surface area contributed by atoms with E-state index >= 15 is 0 Å². The highest BCUT2D eigenvalue weighted by Gasteiger charge is 2.23. The van der Waals surface area contributed by atoms with Crippen molar-refractivity contribution in [1.82, 2.24) is 10.3 Å². The Morgan fingerprint density at radius 1 is 1.29 bits per heavy atom. The first-order valence-corrected chi connectivity index (χ1v) is 7.20. The molecule has 21 heavy (non-hydrogen) atoms. The fourth-order valence-electron chi connectivity index (χ4n) is 2.63. The van der Waals surface area contributed by atoms with Gasteiger partial charge in [-0.05, 0) is 35.6 Å². The second-order valence-corrected chi connectivity index (χ2v) is 5.21. The lowest BCUT2D eigenvalue weighted by Crippen LogP contribution is -2.26. The van der Waals surface area contributed by atoms with Gasteiger partial charge in [0, 0.05) is 25.4 Å². The summed E-state index contributed by atoms with van der Waals surface area (Å²) in [6.07, 6.45) is 4.88. The molecular weight excluding hydrogens is 264 g/mol. The molecule has 1 aromatic carbocycles. The Kier molecular flexibility index (Phi) is 4.15. The normalized spacial score (nSPS) is 16.7. The maximum atomic E-state index is 12.1. The third-order valence-corrected chi connectivity index (χ3v) is 3.73. The summed E-state index contributed by atoms with van der Waals surface area (Å²) in [7, 11) is 0. The number of amides is 1. The minimum absolute atomic E-state index is 0.0700. The lowest BCUT2D eigenvalue weighted by Gasteiger charge is -2.25. The highest BCUT2D eigenvalue weighted by atomic mass is 16.5. The third-order valence-electron chi connectivity index (χ3n) is 3.73. The molecule has 0 saturated carbocycles. The van der Waals surface area contributed by atoms with Gasteiger partial charge in [0.1, 0.15) is 5.75 Å². The number of para-hydroxylation sites is 1. The second kappa shape index (κ2) is 6.39. The SMILES string of the molecule is O=C(CC1CCOc2ccccc21)NCc1cccnc1. The van der Waals surface area contributed by atoms with Gasteiger partial charge in [-0.3, -0.25) is 9.78 Å². The molecule has 0 radical (unpaired) electrons.